The SMILES string of the molecule is NC(=O)c1ccccc1S(=O)(=O)c1ccc(OC2CCN(CCO)CC2)cc1. The molecule has 1 heterocycles. The Morgan fingerprint density at radius 2 is 1.75 bits per heavy atom. The number of primary amides is 1. The third kappa shape index (κ3) is 4.52. The van der Waals surface area contributed by atoms with E-state index in [1.807, 2.05) is 0 Å². The molecule has 150 valence electrons. The highest BCUT2D eigenvalue weighted by Crippen LogP contribution is 2.26. The van der Waals surface area contributed by atoms with Crippen molar-refractivity contribution in [3.05, 3.63) is 54.1 Å². The van der Waals surface area contributed by atoms with Crippen molar-refractivity contribution in [3.8, 4) is 5.75 Å². The number of aliphatic hydroxyl groups is 1. The summed E-state index contributed by atoms with van der Waals surface area (Å²) in [4.78, 5) is 13.7. The molecule has 0 saturated carbocycles. The largest absolute Gasteiger partial charge is 0.490 e. The van der Waals surface area contributed by atoms with Crippen molar-refractivity contribution in [2.24, 2.45) is 5.73 Å². The second-order valence-electron chi connectivity index (χ2n) is 6.72. The Hall–Kier alpha value is -2.42. The molecule has 2 aromatic carbocycles. The van der Waals surface area contributed by atoms with Crippen LogP contribution in [0.2, 0.25) is 0 Å². The summed E-state index contributed by atoms with van der Waals surface area (Å²) in [7, 11) is -3.86. The Bertz CT molecular complexity index is 920. The van der Waals surface area contributed by atoms with Crippen molar-refractivity contribution >= 4 is 15.7 Å². The summed E-state index contributed by atoms with van der Waals surface area (Å²) in [5.41, 5.74) is 5.28. The molecule has 1 fully saturated rings. The molecule has 1 aliphatic heterocycles. The molecule has 2 aromatic rings. The van der Waals surface area contributed by atoms with Gasteiger partial charge in [-0.05, 0) is 49.2 Å². The average molecular weight is 404 g/mol. The molecule has 1 aliphatic rings. The fraction of sp³-hybridized carbons (Fsp3) is 0.350. The standard InChI is InChI=1S/C20H24N2O5S/c21-20(24)18-3-1-2-4-19(18)28(25,26)17-7-5-15(6-8-17)27-16-9-11-22(12-10-16)13-14-23/h1-8,16,23H,9-14H2,(H2,21,24). The highest BCUT2D eigenvalue weighted by Gasteiger charge is 2.24. The van der Waals surface area contributed by atoms with Gasteiger partial charge in [0, 0.05) is 19.6 Å². The van der Waals surface area contributed by atoms with E-state index in [-0.39, 0.29) is 28.1 Å². The van der Waals surface area contributed by atoms with Gasteiger partial charge in [-0.25, -0.2) is 8.42 Å². The summed E-state index contributed by atoms with van der Waals surface area (Å²) in [5.74, 6) is -0.186. The van der Waals surface area contributed by atoms with Gasteiger partial charge in [-0.1, -0.05) is 12.1 Å². The summed E-state index contributed by atoms with van der Waals surface area (Å²) in [5, 5.41) is 8.99. The predicted octanol–water partition coefficient (Wildman–Crippen LogP) is 1.45. The number of β-amino-alcohol motifs (C(OH)–C–C–N with tert-alkyl or cyclic N) is 1. The second-order valence-corrected chi connectivity index (χ2v) is 8.64. The van der Waals surface area contributed by atoms with Gasteiger partial charge < -0.3 is 20.5 Å². The van der Waals surface area contributed by atoms with Crippen LogP contribution in [-0.2, 0) is 9.84 Å². The molecule has 0 atom stereocenters. The molecular weight excluding hydrogens is 380 g/mol. The van der Waals surface area contributed by atoms with Gasteiger partial charge in [-0.2, -0.15) is 0 Å². The molecule has 0 bridgehead atoms. The van der Waals surface area contributed by atoms with Crippen molar-refractivity contribution in [2.45, 2.75) is 28.7 Å². The fourth-order valence-corrected chi connectivity index (χ4v) is 4.78. The first-order chi connectivity index (χ1) is 13.4. The van der Waals surface area contributed by atoms with Crippen molar-refractivity contribution < 1.29 is 23.1 Å². The topological polar surface area (TPSA) is 110 Å². The Morgan fingerprint density at radius 3 is 2.36 bits per heavy atom. The van der Waals surface area contributed by atoms with E-state index in [9.17, 15) is 13.2 Å². The molecule has 1 amide bonds. The van der Waals surface area contributed by atoms with Crippen molar-refractivity contribution in [3.63, 3.8) is 0 Å². The molecule has 0 radical (unpaired) electrons. The molecule has 0 aliphatic carbocycles. The number of nitrogens with zero attached hydrogens (tertiary/aromatic N) is 1. The van der Waals surface area contributed by atoms with E-state index in [1.54, 1.807) is 24.3 Å². The van der Waals surface area contributed by atoms with E-state index >= 15 is 0 Å². The summed E-state index contributed by atoms with van der Waals surface area (Å²) in [6.07, 6.45) is 1.77. The van der Waals surface area contributed by atoms with Crippen molar-refractivity contribution in [2.75, 3.05) is 26.2 Å². The Balaban J connectivity index is 1.72. The molecule has 1 saturated heterocycles. The van der Waals surface area contributed by atoms with Gasteiger partial charge in [-0.15, -0.1) is 0 Å². The number of ether oxygens (including phenoxy) is 1. The summed E-state index contributed by atoms with van der Waals surface area (Å²) < 4.78 is 31.7. The van der Waals surface area contributed by atoms with E-state index < -0.39 is 15.7 Å². The van der Waals surface area contributed by atoms with Gasteiger partial charge in [0.1, 0.15) is 11.9 Å². The molecule has 3 N–H and O–H groups in total. The first-order valence-corrected chi connectivity index (χ1v) is 10.6. The monoisotopic (exact) mass is 404 g/mol. The zero-order chi connectivity index (χ0) is 20.1. The zero-order valence-corrected chi connectivity index (χ0v) is 16.3. The van der Waals surface area contributed by atoms with Crippen molar-refractivity contribution in [1.29, 1.82) is 0 Å². The predicted molar refractivity (Wildman–Crippen MR) is 104 cm³/mol. The lowest BCUT2D eigenvalue weighted by Gasteiger charge is -2.31. The van der Waals surface area contributed by atoms with Gasteiger partial charge in [0.2, 0.25) is 15.7 Å². The lowest BCUT2D eigenvalue weighted by Crippen LogP contribution is -2.39. The normalized spacial score (nSPS) is 16.0. The molecular formula is C20H24N2O5S. The fourth-order valence-electron chi connectivity index (χ4n) is 3.31. The van der Waals surface area contributed by atoms with Gasteiger partial charge in [-0.3, -0.25) is 4.79 Å². The number of amides is 1. The van der Waals surface area contributed by atoms with Gasteiger partial charge in [0.15, 0.2) is 0 Å². The maximum absolute atomic E-state index is 12.9. The van der Waals surface area contributed by atoms with Crippen LogP contribution in [0.1, 0.15) is 23.2 Å². The van der Waals surface area contributed by atoms with E-state index in [4.69, 9.17) is 15.6 Å². The highest BCUT2D eigenvalue weighted by atomic mass is 32.2. The first-order valence-electron chi connectivity index (χ1n) is 9.15. The molecule has 28 heavy (non-hydrogen) atoms. The minimum absolute atomic E-state index is 0.0301. The summed E-state index contributed by atoms with van der Waals surface area (Å²) in [6, 6.07) is 12.1. The summed E-state index contributed by atoms with van der Waals surface area (Å²) in [6.45, 7) is 2.55. The molecule has 0 spiro atoms. The lowest BCUT2D eigenvalue weighted by atomic mass is 10.1. The van der Waals surface area contributed by atoms with Crippen LogP contribution >= 0.6 is 0 Å². The number of hydrogen-bond acceptors (Lipinski definition) is 6. The van der Waals surface area contributed by atoms with Crippen LogP contribution in [-0.4, -0.2) is 56.7 Å². The first kappa shape index (κ1) is 20.3. The number of carbonyl (C=O) groups is 1. The maximum atomic E-state index is 12.9. The molecule has 8 heteroatoms. The smallest absolute Gasteiger partial charge is 0.250 e. The number of aliphatic hydroxyl groups excluding tert-OH is 1. The Labute approximate surface area is 164 Å². The minimum atomic E-state index is -3.86. The van der Waals surface area contributed by atoms with Crippen LogP contribution in [0.25, 0.3) is 0 Å². The Kier molecular flexibility index (Phi) is 6.33. The average Bonchev–Trinajstić information content (AvgIpc) is 2.70. The number of benzene rings is 2. The molecule has 7 nitrogen and oxygen atoms in total. The lowest BCUT2D eigenvalue weighted by molar-refractivity contribution is 0.0888. The van der Waals surface area contributed by atoms with Crippen LogP contribution in [0.3, 0.4) is 0 Å². The van der Waals surface area contributed by atoms with Crippen LogP contribution < -0.4 is 10.5 Å². The number of carbonyl (C=O) groups excluding carboxylic acids is 1. The van der Waals surface area contributed by atoms with Crippen LogP contribution in [0, 0.1) is 0 Å². The number of sulfone groups is 1. The second kappa shape index (κ2) is 8.72. The van der Waals surface area contributed by atoms with E-state index in [0.29, 0.717) is 12.3 Å². The van der Waals surface area contributed by atoms with E-state index in [1.165, 1.54) is 24.3 Å². The van der Waals surface area contributed by atoms with Crippen molar-refractivity contribution in [1.82, 2.24) is 4.90 Å². The van der Waals surface area contributed by atoms with Gasteiger partial charge in [0.05, 0.1) is 22.0 Å². The Morgan fingerprint density at radius 1 is 1.11 bits per heavy atom. The highest BCUT2D eigenvalue weighted by molar-refractivity contribution is 7.91. The quantitative estimate of drug-likeness (QED) is 0.723. The molecule has 0 unspecified atom stereocenters. The van der Waals surface area contributed by atoms with Crippen LogP contribution in [0.5, 0.6) is 5.75 Å². The van der Waals surface area contributed by atoms with E-state index in [2.05, 4.69) is 4.90 Å². The van der Waals surface area contributed by atoms with Gasteiger partial charge in [0.25, 0.3) is 0 Å². The number of likely N-dealkylation sites (tertiary alicyclic amines) is 1. The van der Waals surface area contributed by atoms with Crippen LogP contribution in [0.15, 0.2) is 58.3 Å². The third-order valence-electron chi connectivity index (χ3n) is 4.83. The van der Waals surface area contributed by atoms with Gasteiger partial charge >= 0.3 is 0 Å². The number of nitrogens with two attached hydrogens (primary N) is 1. The number of piperidine rings is 1. The minimum Gasteiger partial charge on any atom is -0.490 e. The third-order valence-corrected chi connectivity index (χ3v) is 6.66. The van der Waals surface area contributed by atoms with E-state index in [0.717, 1.165) is 25.9 Å². The van der Waals surface area contributed by atoms with Crippen LogP contribution in [0.4, 0.5) is 0 Å². The number of hydrogen-bond donors (Lipinski definition) is 2. The zero-order valence-electron chi connectivity index (χ0n) is 15.5. The molecule has 3 rings (SSSR count). The number of rotatable bonds is 7. The maximum Gasteiger partial charge on any atom is 0.250 e. The summed E-state index contributed by atoms with van der Waals surface area (Å²) >= 11 is 0. The molecule has 0 aromatic heterocycles.